The molecule has 0 radical (unpaired) electrons. The van der Waals surface area contributed by atoms with Crippen molar-refractivity contribution in [1.82, 2.24) is 9.55 Å². The van der Waals surface area contributed by atoms with Crippen molar-refractivity contribution in [1.29, 1.82) is 0 Å². The van der Waals surface area contributed by atoms with E-state index in [1.807, 2.05) is 17.8 Å². The number of halogens is 1. The Morgan fingerprint density at radius 1 is 1.45 bits per heavy atom. The van der Waals surface area contributed by atoms with Crippen LogP contribution in [0.2, 0.25) is 5.02 Å². The third-order valence-electron chi connectivity index (χ3n) is 2.82. The van der Waals surface area contributed by atoms with Gasteiger partial charge in [0.05, 0.1) is 10.6 Å². The van der Waals surface area contributed by atoms with Crippen molar-refractivity contribution in [3.63, 3.8) is 0 Å². The zero-order chi connectivity index (χ0) is 16.1. The summed E-state index contributed by atoms with van der Waals surface area (Å²) in [5.74, 6) is -0.748. The number of benzene rings is 1. The highest BCUT2D eigenvalue weighted by Gasteiger charge is 2.11. The Kier molecular flexibility index (Phi) is 5.46. The second-order valence-corrected chi connectivity index (χ2v) is 5.94. The molecule has 1 aromatic carbocycles. The van der Waals surface area contributed by atoms with E-state index in [9.17, 15) is 9.59 Å². The fourth-order valence-electron chi connectivity index (χ4n) is 1.72. The van der Waals surface area contributed by atoms with Gasteiger partial charge in [0.15, 0.2) is 5.16 Å². The lowest BCUT2D eigenvalue weighted by atomic mass is 10.2. The molecule has 0 fully saturated rings. The van der Waals surface area contributed by atoms with Crippen LogP contribution < -0.4 is 5.32 Å². The SMILES string of the molecule is Cn1ccnc1SCCC(=O)Nc1ccc(Cl)c(C(=O)O)c1. The number of carbonyl (C=O) groups excluding carboxylic acids is 1. The first-order chi connectivity index (χ1) is 10.5. The van der Waals surface area contributed by atoms with E-state index in [4.69, 9.17) is 16.7 Å². The van der Waals surface area contributed by atoms with Gasteiger partial charge in [0.1, 0.15) is 0 Å². The lowest BCUT2D eigenvalue weighted by Crippen LogP contribution is -2.13. The molecule has 1 amide bonds. The van der Waals surface area contributed by atoms with Crippen LogP contribution in [0.25, 0.3) is 0 Å². The summed E-state index contributed by atoms with van der Waals surface area (Å²) in [5, 5.41) is 12.6. The Bertz CT molecular complexity index is 702. The summed E-state index contributed by atoms with van der Waals surface area (Å²) < 4.78 is 1.88. The number of amides is 1. The van der Waals surface area contributed by atoms with Crippen LogP contribution >= 0.6 is 23.4 Å². The van der Waals surface area contributed by atoms with Gasteiger partial charge in [-0.15, -0.1) is 0 Å². The van der Waals surface area contributed by atoms with E-state index in [0.29, 0.717) is 17.9 Å². The van der Waals surface area contributed by atoms with E-state index >= 15 is 0 Å². The van der Waals surface area contributed by atoms with Gasteiger partial charge in [-0.2, -0.15) is 0 Å². The molecule has 8 heteroatoms. The summed E-state index contributed by atoms with van der Waals surface area (Å²) in [4.78, 5) is 27.0. The number of imidazole rings is 1. The average molecular weight is 340 g/mol. The first-order valence-electron chi connectivity index (χ1n) is 6.40. The maximum Gasteiger partial charge on any atom is 0.337 e. The fourth-order valence-corrected chi connectivity index (χ4v) is 2.78. The van der Waals surface area contributed by atoms with Crippen molar-refractivity contribution in [2.45, 2.75) is 11.6 Å². The molecule has 22 heavy (non-hydrogen) atoms. The lowest BCUT2D eigenvalue weighted by Gasteiger charge is -2.07. The van der Waals surface area contributed by atoms with E-state index in [1.54, 1.807) is 12.3 Å². The molecule has 0 aliphatic rings. The van der Waals surface area contributed by atoms with E-state index in [1.165, 1.54) is 23.9 Å². The number of hydrogen-bond donors (Lipinski definition) is 2. The highest BCUT2D eigenvalue weighted by atomic mass is 35.5. The highest BCUT2D eigenvalue weighted by molar-refractivity contribution is 7.99. The van der Waals surface area contributed by atoms with Crippen molar-refractivity contribution < 1.29 is 14.7 Å². The van der Waals surface area contributed by atoms with Gasteiger partial charge >= 0.3 is 5.97 Å². The van der Waals surface area contributed by atoms with Crippen molar-refractivity contribution in [3.05, 3.63) is 41.2 Å². The molecule has 0 atom stereocenters. The van der Waals surface area contributed by atoms with Crippen LogP contribution in [0.3, 0.4) is 0 Å². The quantitative estimate of drug-likeness (QED) is 0.790. The molecule has 0 aliphatic carbocycles. The standard InChI is InChI=1S/C14H14ClN3O3S/c1-18-6-5-16-14(18)22-7-4-12(19)17-9-2-3-11(15)10(8-9)13(20)21/h2-3,5-6,8H,4,7H2,1H3,(H,17,19)(H,20,21). The van der Waals surface area contributed by atoms with Crippen LogP contribution in [0.15, 0.2) is 35.7 Å². The summed E-state index contributed by atoms with van der Waals surface area (Å²) in [6.07, 6.45) is 3.83. The Hall–Kier alpha value is -1.99. The summed E-state index contributed by atoms with van der Waals surface area (Å²) in [7, 11) is 1.89. The summed E-state index contributed by atoms with van der Waals surface area (Å²) in [6, 6.07) is 4.36. The third kappa shape index (κ3) is 4.25. The van der Waals surface area contributed by atoms with Crippen molar-refractivity contribution >= 4 is 40.9 Å². The zero-order valence-electron chi connectivity index (χ0n) is 11.7. The summed E-state index contributed by atoms with van der Waals surface area (Å²) in [6.45, 7) is 0. The molecule has 6 nitrogen and oxygen atoms in total. The molecule has 2 aromatic rings. The van der Waals surface area contributed by atoms with Crippen molar-refractivity contribution in [2.24, 2.45) is 7.05 Å². The monoisotopic (exact) mass is 339 g/mol. The fraction of sp³-hybridized carbons (Fsp3) is 0.214. The molecule has 0 saturated carbocycles. The average Bonchev–Trinajstić information content (AvgIpc) is 2.86. The minimum Gasteiger partial charge on any atom is -0.478 e. The number of hydrogen-bond acceptors (Lipinski definition) is 4. The van der Waals surface area contributed by atoms with Crippen LogP contribution in [0.1, 0.15) is 16.8 Å². The topological polar surface area (TPSA) is 84.2 Å². The Labute approximate surface area is 136 Å². The van der Waals surface area contributed by atoms with E-state index in [-0.39, 0.29) is 16.5 Å². The molecule has 0 spiro atoms. The number of nitrogens with zero attached hydrogens (tertiary/aromatic N) is 2. The second kappa shape index (κ2) is 7.33. The van der Waals surface area contributed by atoms with Gasteiger partial charge < -0.3 is 15.0 Å². The predicted molar refractivity (Wildman–Crippen MR) is 85.6 cm³/mol. The molecule has 1 aromatic heterocycles. The smallest absolute Gasteiger partial charge is 0.337 e. The maximum atomic E-state index is 11.9. The molecule has 116 valence electrons. The minimum atomic E-state index is -1.13. The summed E-state index contributed by atoms with van der Waals surface area (Å²) in [5.41, 5.74) is 0.371. The highest BCUT2D eigenvalue weighted by Crippen LogP contribution is 2.21. The van der Waals surface area contributed by atoms with Gasteiger partial charge in [0.25, 0.3) is 0 Å². The van der Waals surface area contributed by atoms with E-state index in [0.717, 1.165) is 5.16 Å². The molecule has 2 rings (SSSR count). The van der Waals surface area contributed by atoms with Gasteiger partial charge in [-0.25, -0.2) is 9.78 Å². The largest absolute Gasteiger partial charge is 0.478 e. The van der Waals surface area contributed by atoms with Gasteiger partial charge in [0, 0.05) is 37.3 Å². The lowest BCUT2D eigenvalue weighted by molar-refractivity contribution is -0.115. The summed E-state index contributed by atoms with van der Waals surface area (Å²) >= 11 is 7.26. The van der Waals surface area contributed by atoms with Crippen LogP contribution in [0, 0.1) is 0 Å². The molecular weight excluding hydrogens is 326 g/mol. The molecule has 0 aliphatic heterocycles. The Morgan fingerprint density at radius 2 is 2.23 bits per heavy atom. The van der Waals surface area contributed by atoms with E-state index < -0.39 is 5.97 Å². The molecule has 1 heterocycles. The number of aryl methyl sites for hydroxylation is 1. The Balaban J connectivity index is 1.88. The molecule has 0 saturated heterocycles. The minimum absolute atomic E-state index is 0.0400. The first-order valence-corrected chi connectivity index (χ1v) is 7.76. The van der Waals surface area contributed by atoms with Crippen molar-refractivity contribution in [2.75, 3.05) is 11.1 Å². The maximum absolute atomic E-state index is 11.9. The number of aromatic nitrogens is 2. The van der Waals surface area contributed by atoms with Gasteiger partial charge in [-0.1, -0.05) is 23.4 Å². The molecule has 0 unspecified atom stereocenters. The number of carboxylic acids is 1. The van der Waals surface area contributed by atoms with Crippen molar-refractivity contribution in [3.8, 4) is 0 Å². The van der Waals surface area contributed by atoms with Crippen LogP contribution in [-0.2, 0) is 11.8 Å². The van der Waals surface area contributed by atoms with Crippen LogP contribution in [-0.4, -0.2) is 32.3 Å². The van der Waals surface area contributed by atoms with Gasteiger partial charge in [0.2, 0.25) is 5.91 Å². The molecule has 2 N–H and O–H groups in total. The first kappa shape index (κ1) is 16.4. The number of anilines is 1. The number of rotatable bonds is 6. The Morgan fingerprint density at radius 3 is 2.86 bits per heavy atom. The number of carbonyl (C=O) groups is 2. The molecular formula is C14H14ClN3O3S. The zero-order valence-corrected chi connectivity index (χ0v) is 13.3. The van der Waals surface area contributed by atoms with Gasteiger partial charge in [-0.3, -0.25) is 4.79 Å². The predicted octanol–water partition coefficient (Wildman–Crippen LogP) is 2.89. The molecule has 0 bridgehead atoms. The number of carboxylic acid groups (broad SMARTS) is 1. The van der Waals surface area contributed by atoms with Crippen LogP contribution in [0.5, 0.6) is 0 Å². The normalized spacial score (nSPS) is 10.5. The second-order valence-electron chi connectivity index (χ2n) is 4.47. The number of aromatic carboxylic acids is 1. The van der Waals surface area contributed by atoms with Crippen LogP contribution in [0.4, 0.5) is 5.69 Å². The third-order valence-corrected chi connectivity index (χ3v) is 4.21. The number of thioether (sulfide) groups is 1. The van der Waals surface area contributed by atoms with E-state index in [2.05, 4.69) is 10.3 Å². The number of nitrogens with one attached hydrogen (secondary N) is 1. The van der Waals surface area contributed by atoms with Gasteiger partial charge in [-0.05, 0) is 18.2 Å².